The molecule has 0 aromatic heterocycles. The van der Waals surface area contributed by atoms with Crippen LogP contribution < -0.4 is 5.32 Å². The third-order valence-corrected chi connectivity index (χ3v) is 7.55. The van der Waals surface area contributed by atoms with E-state index < -0.39 is 0 Å². The Kier molecular flexibility index (Phi) is 7.06. The van der Waals surface area contributed by atoms with Crippen molar-refractivity contribution in [3.05, 3.63) is 71.3 Å². The highest BCUT2D eigenvalue weighted by atomic mass is 32.2. The minimum Gasteiger partial charge on any atom is -0.350 e. The molecule has 1 heterocycles. The topological polar surface area (TPSA) is 32.3 Å². The van der Waals surface area contributed by atoms with Crippen LogP contribution in [0.2, 0.25) is 0 Å². The number of nitrogens with one attached hydrogen (secondary N) is 1. The lowest BCUT2D eigenvalue weighted by molar-refractivity contribution is 0.0942. The molecule has 1 amide bonds. The fraction of sp³-hybridized carbons (Fsp3) is 0.381. The largest absolute Gasteiger partial charge is 0.350 e. The molecule has 3 nitrogen and oxygen atoms in total. The van der Waals surface area contributed by atoms with Crippen molar-refractivity contribution in [3.8, 4) is 0 Å². The third kappa shape index (κ3) is 5.06. The van der Waals surface area contributed by atoms with Gasteiger partial charge in [-0.15, -0.1) is 23.5 Å². The van der Waals surface area contributed by atoms with Crippen LogP contribution in [0, 0.1) is 0 Å². The fourth-order valence-electron chi connectivity index (χ4n) is 3.04. The standard InChI is InChI=1S/C21H26N2OS2/c1-23(2)19(16-7-4-3-5-8-16)15-22-20(24)17-9-11-18(12-10-17)21-25-13-6-14-26-21/h3-5,7-12,19,21H,6,13-15H2,1-2H3,(H,22,24)/t19-/m1/s1. The molecule has 5 heteroatoms. The van der Waals surface area contributed by atoms with Crippen LogP contribution in [0.5, 0.6) is 0 Å². The van der Waals surface area contributed by atoms with Crippen LogP contribution in [-0.4, -0.2) is 43.0 Å². The average molecular weight is 387 g/mol. The predicted octanol–water partition coefficient (Wildman–Crippen LogP) is 4.59. The van der Waals surface area contributed by atoms with Gasteiger partial charge in [0.1, 0.15) is 0 Å². The minimum absolute atomic E-state index is 0.0109. The molecule has 1 aliphatic heterocycles. The van der Waals surface area contributed by atoms with Crippen molar-refractivity contribution in [1.82, 2.24) is 10.2 Å². The second-order valence-corrected chi connectivity index (χ2v) is 9.37. The summed E-state index contributed by atoms with van der Waals surface area (Å²) >= 11 is 4.00. The number of carbonyl (C=O) groups is 1. The summed E-state index contributed by atoms with van der Waals surface area (Å²) in [5.41, 5.74) is 3.25. The average Bonchev–Trinajstić information content (AvgIpc) is 2.69. The molecule has 1 fully saturated rings. The first kappa shape index (κ1) is 19.3. The Morgan fingerprint density at radius 1 is 1.08 bits per heavy atom. The molecule has 0 bridgehead atoms. The molecule has 2 aromatic rings. The molecular formula is C21H26N2OS2. The van der Waals surface area contributed by atoms with E-state index in [1.807, 2.05) is 68.0 Å². The van der Waals surface area contributed by atoms with Crippen LogP contribution in [0.1, 0.15) is 38.5 Å². The number of carbonyl (C=O) groups excluding carboxylic acids is 1. The van der Waals surface area contributed by atoms with Gasteiger partial charge in [0.05, 0.1) is 10.6 Å². The lowest BCUT2D eigenvalue weighted by atomic mass is 10.1. The highest BCUT2D eigenvalue weighted by Gasteiger charge is 2.18. The lowest BCUT2D eigenvalue weighted by Gasteiger charge is -2.25. The SMILES string of the molecule is CN(C)[C@H](CNC(=O)c1ccc(C2SCCCS2)cc1)c1ccccc1. The molecule has 1 atom stereocenters. The Morgan fingerprint density at radius 3 is 2.35 bits per heavy atom. The Morgan fingerprint density at radius 2 is 1.73 bits per heavy atom. The molecule has 0 unspecified atom stereocenters. The highest BCUT2D eigenvalue weighted by molar-refractivity contribution is 8.16. The van der Waals surface area contributed by atoms with Gasteiger partial charge in [-0.25, -0.2) is 0 Å². The first-order valence-electron chi connectivity index (χ1n) is 8.98. The van der Waals surface area contributed by atoms with Gasteiger partial charge in [0.2, 0.25) is 0 Å². The lowest BCUT2D eigenvalue weighted by Crippen LogP contribution is -2.34. The normalized spacial score (nSPS) is 16.4. The first-order chi connectivity index (χ1) is 12.6. The van der Waals surface area contributed by atoms with E-state index in [2.05, 4.69) is 34.5 Å². The maximum Gasteiger partial charge on any atom is 0.251 e. The molecule has 1 saturated heterocycles. The minimum atomic E-state index is -0.0109. The third-order valence-electron chi connectivity index (χ3n) is 4.54. The highest BCUT2D eigenvalue weighted by Crippen LogP contribution is 2.43. The van der Waals surface area contributed by atoms with E-state index in [-0.39, 0.29) is 11.9 Å². The maximum absolute atomic E-state index is 12.6. The number of hydrogen-bond acceptors (Lipinski definition) is 4. The Balaban J connectivity index is 1.60. The second kappa shape index (κ2) is 9.49. The van der Waals surface area contributed by atoms with Crippen LogP contribution in [-0.2, 0) is 0 Å². The van der Waals surface area contributed by atoms with Crippen molar-refractivity contribution in [2.75, 3.05) is 32.1 Å². The molecule has 2 aromatic carbocycles. The number of amides is 1. The molecule has 0 aliphatic carbocycles. The van der Waals surface area contributed by atoms with E-state index in [4.69, 9.17) is 0 Å². The number of rotatable bonds is 6. The van der Waals surface area contributed by atoms with Gasteiger partial charge in [0, 0.05) is 12.1 Å². The Bertz CT molecular complexity index is 698. The second-order valence-electron chi connectivity index (χ2n) is 6.65. The molecule has 3 rings (SSSR count). The molecule has 1 aliphatic rings. The smallest absolute Gasteiger partial charge is 0.251 e. The van der Waals surface area contributed by atoms with Crippen LogP contribution in [0.25, 0.3) is 0 Å². The molecule has 138 valence electrons. The van der Waals surface area contributed by atoms with Gasteiger partial charge >= 0.3 is 0 Å². The van der Waals surface area contributed by atoms with Crippen LogP contribution >= 0.6 is 23.5 Å². The van der Waals surface area contributed by atoms with E-state index in [9.17, 15) is 4.79 Å². The van der Waals surface area contributed by atoms with Crippen LogP contribution in [0.4, 0.5) is 0 Å². The van der Waals surface area contributed by atoms with Crippen molar-refractivity contribution in [2.45, 2.75) is 17.0 Å². The zero-order valence-corrected chi connectivity index (χ0v) is 17.0. The van der Waals surface area contributed by atoms with Crippen molar-refractivity contribution < 1.29 is 4.79 Å². The summed E-state index contributed by atoms with van der Waals surface area (Å²) in [6, 6.07) is 18.6. The van der Waals surface area contributed by atoms with Gasteiger partial charge in [-0.2, -0.15) is 0 Å². The van der Waals surface area contributed by atoms with E-state index in [0.717, 1.165) is 5.56 Å². The number of thioether (sulfide) groups is 2. The first-order valence-corrected chi connectivity index (χ1v) is 11.1. The zero-order chi connectivity index (χ0) is 18.4. The summed E-state index contributed by atoms with van der Waals surface area (Å²) in [4.78, 5) is 14.7. The van der Waals surface area contributed by atoms with Crippen LogP contribution in [0.15, 0.2) is 54.6 Å². The summed E-state index contributed by atoms with van der Waals surface area (Å²) in [6.45, 7) is 0.589. The van der Waals surface area contributed by atoms with Gasteiger partial charge in [0.15, 0.2) is 0 Å². The summed E-state index contributed by atoms with van der Waals surface area (Å²) in [5, 5.41) is 3.09. The van der Waals surface area contributed by atoms with Crippen molar-refractivity contribution in [3.63, 3.8) is 0 Å². The Labute approximate surface area is 164 Å². The summed E-state index contributed by atoms with van der Waals surface area (Å²) in [6.07, 6.45) is 1.29. The Hall–Kier alpha value is -1.43. The number of likely N-dealkylation sites (N-methyl/N-ethyl adjacent to an activating group) is 1. The summed E-state index contributed by atoms with van der Waals surface area (Å²) in [5.74, 6) is 2.44. The summed E-state index contributed by atoms with van der Waals surface area (Å²) in [7, 11) is 4.08. The summed E-state index contributed by atoms with van der Waals surface area (Å²) < 4.78 is 0.511. The molecule has 1 N–H and O–H groups in total. The quantitative estimate of drug-likeness (QED) is 0.787. The van der Waals surface area contributed by atoms with Gasteiger partial charge in [-0.3, -0.25) is 4.79 Å². The molecule has 26 heavy (non-hydrogen) atoms. The van der Waals surface area contributed by atoms with E-state index in [1.54, 1.807) is 0 Å². The van der Waals surface area contributed by atoms with Crippen molar-refractivity contribution in [1.29, 1.82) is 0 Å². The van der Waals surface area contributed by atoms with Crippen LogP contribution in [0.3, 0.4) is 0 Å². The molecule has 0 spiro atoms. The number of hydrogen-bond donors (Lipinski definition) is 1. The van der Waals surface area contributed by atoms with E-state index >= 15 is 0 Å². The van der Waals surface area contributed by atoms with Gasteiger partial charge < -0.3 is 10.2 Å². The fourth-order valence-corrected chi connectivity index (χ4v) is 5.93. The van der Waals surface area contributed by atoms with Crippen molar-refractivity contribution >= 4 is 29.4 Å². The molecule has 0 radical (unpaired) electrons. The predicted molar refractivity (Wildman–Crippen MR) is 114 cm³/mol. The molecule has 0 saturated carbocycles. The number of nitrogens with zero attached hydrogens (tertiary/aromatic N) is 1. The van der Waals surface area contributed by atoms with E-state index in [0.29, 0.717) is 11.1 Å². The maximum atomic E-state index is 12.6. The van der Waals surface area contributed by atoms with Gasteiger partial charge in [0.25, 0.3) is 5.91 Å². The van der Waals surface area contributed by atoms with Crippen molar-refractivity contribution in [2.24, 2.45) is 0 Å². The molecular weight excluding hydrogens is 360 g/mol. The zero-order valence-electron chi connectivity index (χ0n) is 15.4. The van der Waals surface area contributed by atoms with E-state index in [1.165, 1.54) is 29.1 Å². The monoisotopic (exact) mass is 386 g/mol. The van der Waals surface area contributed by atoms with Gasteiger partial charge in [-0.05, 0) is 55.3 Å². The van der Waals surface area contributed by atoms with Gasteiger partial charge in [-0.1, -0.05) is 42.5 Å². The number of benzene rings is 2.